The van der Waals surface area contributed by atoms with Crippen LogP contribution in [0, 0.1) is 0 Å². The Kier molecular flexibility index (Phi) is 3.08. The molecule has 2 aromatic rings. The van der Waals surface area contributed by atoms with Crippen molar-refractivity contribution in [1.82, 2.24) is 10.3 Å². The summed E-state index contributed by atoms with van der Waals surface area (Å²) < 4.78 is 0. The number of hydrogen-bond donors (Lipinski definition) is 2. The number of halogens is 1. The van der Waals surface area contributed by atoms with Crippen molar-refractivity contribution in [1.29, 1.82) is 0 Å². The summed E-state index contributed by atoms with van der Waals surface area (Å²) in [5.41, 5.74) is 2.86. The van der Waals surface area contributed by atoms with Gasteiger partial charge in [0.2, 0.25) is 0 Å². The largest absolute Gasteiger partial charge is 0.361 e. The number of benzene rings is 1. The molecule has 1 saturated carbocycles. The van der Waals surface area contributed by atoms with E-state index >= 15 is 0 Å². The van der Waals surface area contributed by atoms with E-state index in [-0.39, 0.29) is 0 Å². The molecule has 1 heterocycles. The quantitative estimate of drug-likeness (QED) is 0.847. The van der Waals surface area contributed by atoms with Crippen LogP contribution in [0.3, 0.4) is 0 Å². The fourth-order valence-corrected chi connectivity index (χ4v) is 3.02. The molecule has 3 heteroatoms. The molecule has 96 valence electrons. The number of H-pyrrole nitrogens is 1. The number of hydrogen-bond acceptors (Lipinski definition) is 1. The Morgan fingerprint density at radius 1 is 1.39 bits per heavy atom. The van der Waals surface area contributed by atoms with Crippen molar-refractivity contribution in [2.24, 2.45) is 0 Å². The molecule has 0 aliphatic heterocycles. The Hall–Kier alpha value is -0.990. The molecule has 0 amide bonds. The molecule has 0 saturated heterocycles. The van der Waals surface area contributed by atoms with Crippen LogP contribution in [-0.4, -0.2) is 10.5 Å². The molecular formula is C15H19ClN2. The minimum Gasteiger partial charge on any atom is -0.361 e. The van der Waals surface area contributed by atoms with Crippen LogP contribution < -0.4 is 5.32 Å². The Balaban J connectivity index is 1.78. The first kappa shape index (κ1) is 12.1. The zero-order valence-electron chi connectivity index (χ0n) is 10.7. The summed E-state index contributed by atoms with van der Waals surface area (Å²) in [4.78, 5) is 3.29. The topological polar surface area (TPSA) is 27.8 Å². The molecule has 3 rings (SSSR count). The van der Waals surface area contributed by atoms with Gasteiger partial charge in [0.15, 0.2) is 0 Å². The average Bonchev–Trinajstić information content (AvgIpc) is 2.71. The van der Waals surface area contributed by atoms with E-state index in [1.54, 1.807) is 0 Å². The Bertz CT molecular complexity index is 549. The van der Waals surface area contributed by atoms with Gasteiger partial charge in [-0.25, -0.2) is 0 Å². The molecule has 0 spiro atoms. The van der Waals surface area contributed by atoms with Gasteiger partial charge in [-0.3, -0.25) is 0 Å². The number of fused-ring (bicyclic) bond motifs is 1. The number of aromatic nitrogens is 1. The maximum atomic E-state index is 6.00. The lowest BCUT2D eigenvalue weighted by atomic mass is 9.75. The lowest BCUT2D eigenvalue weighted by molar-refractivity contribution is 0.175. The maximum absolute atomic E-state index is 6.00. The van der Waals surface area contributed by atoms with Crippen molar-refractivity contribution in [2.75, 3.05) is 0 Å². The minimum atomic E-state index is 0.399. The lowest BCUT2D eigenvalue weighted by Crippen LogP contribution is -2.49. The highest BCUT2D eigenvalue weighted by Crippen LogP contribution is 2.35. The van der Waals surface area contributed by atoms with Gasteiger partial charge >= 0.3 is 0 Å². The van der Waals surface area contributed by atoms with Crippen LogP contribution in [-0.2, 0) is 6.54 Å². The fourth-order valence-electron chi connectivity index (χ4n) is 2.85. The summed E-state index contributed by atoms with van der Waals surface area (Å²) in [6, 6.07) is 6.05. The van der Waals surface area contributed by atoms with E-state index < -0.39 is 0 Å². The van der Waals surface area contributed by atoms with Crippen molar-refractivity contribution in [3.63, 3.8) is 0 Å². The van der Waals surface area contributed by atoms with Crippen molar-refractivity contribution in [3.8, 4) is 0 Å². The third-order valence-corrected chi connectivity index (χ3v) is 4.61. The second-order valence-electron chi connectivity index (χ2n) is 5.34. The molecule has 1 aromatic heterocycles. The molecule has 0 unspecified atom stereocenters. The predicted molar refractivity (Wildman–Crippen MR) is 77.0 cm³/mol. The molecule has 18 heavy (non-hydrogen) atoms. The van der Waals surface area contributed by atoms with Crippen molar-refractivity contribution < 1.29 is 0 Å². The van der Waals surface area contributed by atoms with Crippen LogP contribution in [0.25, 0.3) is 10.9 Å². The third kappa shape index (κ3) is 2.04. The van der Waals surface area contributed by atoms with Gasteiger partial charge in [-0.15, -0.1) is 0 Å². The normalized spacial score (nSPS) is 17.9. The van der Waals surface area contributed by atoms with Crippen LogP contribution in [0.5, 0.6) is 0 Å². The van der Waals surface area contributed by atoms with Gasteiger partial charge in [0.05, 0.1) is 0 Å². The zero-order chi connectivity index (χ0) is 12.6. The van der Waals surface area contributed by atoms with Gasteiger partial charge in [0, 0.05) is 34.2 Å². The van der Waals surface area contributed by atoms with E-state index in [4.69, 9.17) is 11.6 Å². The van der Waals surface area contributed by atoms with Gasteiger partial charge in [-0.2, -0.15) is 0 Å². The monoisotopic (exact) mass is 262 g/mol. The highest BCUT2D eigenvalue weighted by Gasteiger charge is 2.34. The first-order chi connectivity index (χ1) is 8.72. The molecule has 2 N–H and O–H groups in total. The second-order valence-corrected chi connectivity index (χ2v) is 5.78. The lowest BCUT2D eigenvalue weighted by Gasteiger charge is -2.42. The average molecular weight is 263 g/mol. The summed E-state index contributed by atoms with van der Waals surface area (Å²) in [6.07, 6.45) is 7.32. The van der Waals surface area contributed by atoms with Gasteiger partial charge in [-0.1, -0.05) is 24.6 Å². The van der Waals surface area contributed by atoms with Crippen LogP contribution in [0.2, 0.25) is 5.02 Å². The van der Waals surface area contributed by atoms with Gasteiger partial charge in [-0.05, 0) is 43.4 Å². The number of aromatic amines is 1. The third-order valence-electron chi connectivity index (χ3n) is 4.37. The van der Waals surface area contributed by atoms with E-state index in [1.807, 2.05) is 12.1 Å². The molecule has 0 atom stereocenters. The van der Waals surface area contributed by atoms with Crippen LogP contribution in [0.1, 0.15) is 38.2 Å². The maximum Gasteiger partial charge on any atom is 0.0472 e. The molecule has 1 aliphatic carbocycles. The van der Waals surface area contributed by atoms with E-state index in [9.17, 15) is 0 Å². The van der Waals surface area contributed by atoms with E-state index in [0.29, 0.717) is 5.54 Å². The van der Waals surface area contributed by atoms with E-state index in [1.165, 1.54) is 36.6 Å². The first-order valence-corrected chi connectivity index (χ1v) is 7.11. The Labute approximate surface area is 113 Å². The van der Waals surface area contributed by atoms with Gasteiger partial charge in [0.25, 0.3) is 0 Å². The Morgan fingerprint density at radius 2 is 2.22 bits per heavy atom. The van der Waals surface area contributed by atoms with Crippen LogP contribution in [0.15, 0.2) is 24.4 Å². The van der Waals surface area contributed by atoms with Crippen LogP contribution in [0.4, 0.5) is 0 Å². The number of nitrogens with one attached hydrogen (secondary N) is 2. The highest BCUT2D eigenvalue weighted by molar-refractivity contribution is 6.31. The standard InChI is InChI=1S/C15H19ClN2/c1-2-15(6-3-7-15)18-10-11-9-17-14-8-12(16)4-5-13(11)14/h4-5,8-9,17-18H,2-3,6-7,10H2,1H3. The molecular weight excluding hydrogens is 244 g/mol. The Morgan fingerprint density at radius 3 is 2.89 bits per heavy atom. The second kappa shape index (κ2) is 4.60. The minimum absolute atomic E-state index is 0.399. The molecule has 1 aromatic carbocycles. The van der Waals surface area contributed by atoms with Crippen molar-refractivity contribution in [2.45, 2.75) is 44.7 Å². The zero-order valence-corrected chi connectivity index (χ0v) is 11.5. The summed E-state index contributed by atoms with van der Waals surface area (Å²) >= 11 is 6.00. The summed E-state index contributed by atoms with van der Waals surface area (Å²) in [6.45, 7) is 3.22. The fraction of sp³-hybridized carbons (Fsp3) is 0.467. The predicted octanol–water partition coefficient (Wildman–Crippen LogP) is 4.24. The molecule has 1 fully saturated rings. The summed E-state index contributed by atoms with van der Waals surface area (Å²) in [7, 11) is 0. The molecule has 2 nitrogen and oxygen atoms in total. The van der Waals surface area contributed by atoms with Crippen molar-refractivity contribution >= 4 is 22.5 Å². The first-order valence-electron chi connectivity index (χ1n) is 6.73. The van der Waals surface area contributed by atoms with E-state index in [0.717, 1.165) is 17.1 Å². The van der Waals surface area contributed by atoms with Crippen LogP contribution >= 0.6 is 11.6 Å². The highest BCUT2D eigenvalue weighted by atomic mass is 35.5. The number of rotatable bonds is 4. The molecule has 1 aliphatic rings. The summed E-state index contributed by atoms with van der Waals surface area (Å²) in [5, 5.41) is 5.80. The smallest absolute Gasteiger partial charge is 0.0472 e. The van der Waals surface area contributed by atoms with Gasteiger partial charge in [0.1, 0.15) is 0 Å². The van der Waals surface area contributed by atoms with Crippen molar-refractivity contribution in [3.05, 3.63) is 35.0 Å². The molecule has 0 radical (unpaired) electrons. The summed E-state index contributed by atoms with van der Waals surface area (Å²) in [5.74, 6) is 0. The molecule has 0 bridgehead atoms. The van der Waals surface area contributed by atoms with E-state index in [2.05, 4.69) is 29.5 Å². The van der Waals surface area contributed by atoms with Gasteiger partial charge < -0.3 is 10.3 Å². The SMILES string of the molecule is CCC1(NCc2c[nH]c3cc(Cl)ccc23)CCC1.